The van der Waals surface area contributed by atoms with Gasteiger partial charge in [-0.3, -0.25) is 4.79 Å². The lowest BCUT2D eigenvalue weighted by molar-refractivity contribution is -0.119. The molecule has 0 fully saturated rings. The molecule has 1 aromatic rings. The Morgan fingerprint density at radius 2 is 1.87 bits per heavy atom. The summed E-state index contributed by atoms with van der Waals surface area (Å²) < 4.78 is 1.07. The van der Waals surface area contributed by atoms with Gasteiger partial charge in [0.2, 0.25) is 5.91 Å². The van der Waals surface area contributed by atoms with Crippen molar-refractivity contribution in [2.45, 2.75) is 26.2 Å². The number of nitrogens with one attached hydrogen (secondary N) is 1. The second kappa shape index (κ2) is 4.79. The first-order valence-corrected chi connectivity index (χ1v) is 5.71. The Kier molecular flexibility index (Phi) is 3.91. The van der Waals surface area contributed by atoms with Gasteiger partial charge in [-0.15, -0.1) is 0 Å². The predicted molar refractivity (Wildman–Crippen MR) is 65.9 cm³/mol. The number of carbonyl (C=O) groups is 1. The van der Waals surface area contributed by atoms with Gasteiger partial charge in [0.15, 0.2) is 0 Å². The molecule has 0 bridgehead atoms. The summed E-state index contributed by atoms with van der Waals surface area (Å²) in [7, 11) is 0. The minimum Gasteiger partial charge on any atom is -0.355 e. The van der Waals surface area contributed by atoms with Crippen LogP contribution in [0.15, 0.2) is 28.7 Å². The number of carbonyl (C=O) groups excluding carboxylic acids is 1. The molecule has 0 heterocycles. The molecule has 3 heteroatoms. The molecule has 0 saturated heterocycles. The lowest BCUT2D eigenvalue weighted by Gasteiger charge is -2.25. The number of rotatable bonds is 3. The molecule has 1 rings (SSSR count). The van der Waals surface area contributed by atoms with Crippen LogP contribution in [0.2, 0.25) is 0 Å². The normalized spacial score (nSPS) is 11.2. The van der Waals surface area contributed by atoms with Gasteiger partial charge in [0, 0.05) is 23.4 Å². The number of amides is 1. The Morgan fingerprint density at radius 3 is 2.33 bits per heavy atom. The van der Waals surface area contributed by atoms with Crippen LogP contribution in [0, 0.1) is 0 Å². The lowest BCUT2D eigenvalue weighted by atomic mass is 9.84. The summed E-state index contributed by atoms with van der Waals surface area (Å²) in [6, 6.07) is 8.19. The molecule has 0 unspecified atom stereocenters. The summed E-state index contributed by atoms with van der Waals surface area (Å²) in [5.41, 5.74) is 1.19. The van der Waals surface area contributed by atoms with Crippen LogP contribution in [-0.4, -0.2) is 12.5 Å². The Hall–Kier alpha value is -0.830. The Morgan fingerprint density at radius 1 is 1.33 bits per heavy atom. The van der Waals surface area contributed by atoms with Crippen molar-refractivity contribution >= 4 is 21.8 Å². The predicted octanol–water partition coefficient (Wildman–Crippen LogP) is 2.86. The van der Waals surface area contributed by atoms with E-state index in [-0.39, 0.29) is 11.3 Å². The van der Waals surface area contributed by atoms with E-state index in [0.717, 1.165) is 4.47 Å². The van der Waals surface area contributed by atoms with E-state index in [1.54, 1.807) is 0 Å². The maximum Gasteiger partial charge on any atom is 0.216 e. The van der Waals surface area contributed by atoms with E-state index in [9.17, 15) is 4.79 Å². The van der Waals surface area contributed by atoms with Gasteiger partial charge >= 0.3 is 0 Å². The highest BCUT2D eigenvalue weighted by molar-refractivity contribution is 9.10. The fourth-order valence-corrected chi connectivity index (χ4v) is 1.61. The highest BCUT2D eigenvalue weighted by Crippen LogP contribution is 2.23. The molecule has 15 heavy (non-hydrogen) atoms. The quantitative estimate of drug-likeness (QED) is 0.899. The molecule has 0 aliphatic carbocycles. The zero-order valence-electron chi connectivity index (χ0n) is 9.30. The molecule has 2 nitrogen and oxygen atoms in total. The zero-order chi connectivity index (χ0) is 11.5. The molecule has 1 amide bonds. The fourth-order valence-electron chi connectivity index (χ4n) is 1.35. The van der Waals surface area contributed by atoms with Crippen molar-refractivity contribution in [1.82, 2.24) is 5.32 Å². The van der Waals surface area contributed by atoms with Gasteiger partial charge in [0.05, 0.1) is 0 Å². The summed E-state index contributed by atoms with van der Waals surface area (Å²) in [5.74, 6) is 0.0141. The first-order valence-electron chi connectivity index (χ1n) is 4.92. The Labute approximate surface area is 99.2 Å². The zero-order valence-corrected chi connectivity index (χ0v) is 10.9. The molecule has 0 aromatic heterocycles. The van der Waals surface area contributed by atoms with Crippen molar-refractivity contribution in [3.8, 4) is 0 Å². The summed E-state index contributed by atoms with van der Waals surface area (Å²) >= 11 is 3.40. The van der Waals surface area contributed by atoms with Crippen LogP contribution in [0.1, 0.15) is 26.3 Å². The molecule has 0 aliphatic heterocycles. The Balaban J connectivity index is 2.76. The molecular formula is C12H16BrNO. The SMILES string of the molecule is CC(=O)NCC(C)(C)c1ccc(Br)cc1. The maximum atomic E-state index is 10.9. The van der Waals surface area contributed by atoms with Crippen LogP contribution >= 0.6 is 15.9 Å². The van der Waals surface area contributed by atoms with Crippen molar-refractivity contribution in [3.05, 3.63) is 34.3 Å². The number of halogens is 1. The van der Waals surface area contributed by atoms with Crippen molar-refractivity contribution in [1.29, 1.82) is 0 Å². The minimum absolute atomic E-state index is 0.0141. The van der Waals surface area contributed by atoms with Crippen LogP contribution < -0.4 is 5.32 Å². The minimum atomic E-state index is -0.0353. The summed E-state index contributed by atoms with van der Waals surface area (Å²) in [5, 5.41) is 2.85. The van der Waals surface area contributed by atoms with Crippen LogP contribution in [0.3, 0.4) is 0 Å². The van der Waals surface area contributed by atoms with E-state index < -0.39 is 0 Å². The third-order valence-corrected chi connectivity index (χ3v) is 2.93. The van der Waals surface area contributed by atoms with Crippen LogP contribution in [-0.2, 0) is 10.2 Å². The first-order chi connectivity index (χ1) is 6.92. The average molecular weight is 270 g/mol. The van der Waals surface area contributed by atoms with Gasteiger partial charge in [0.25, 0.3) is 0 Å². The summed E-state index contributed by atoms with van der Waals surface area (Å²) in [6.45, 7) is 6.43. The second-order valence-electron chi connectivity index (χ2n) is 4.30. The standard InChI is InChI=1S/C12H16BrNO/c1-9(15)14-8-12(2,3)10-4-6-11(13)7-5-10/h4-7H,8H2,1-3H3,(H,14,15). The highest BCUT2D eigenvalue weighted by Gasteiger charge is 2.20. The van der Waals surface area contributed by atoms with E-state index >= 15 is 0 Å². The molecule has 0 aliphatic rings. The second-order valence-corrected chi connectivity index (χ2v) is 5.22. The van der Waals surface area contributed by atoms with Gasteiger partial charge in [-0.1, -0.05) is 41.9 Å². The summed E-state index contributed by atoms with van der Waals surface area (Å²) in [6.07, 6.45) is 0. The fraction of sp³-hybridized carbons (Fsp3) is 0.417. The van der Waals surface area contributed by atoms with Gasteiger partial charge < -0.3 is 5.32 Å². The largest absolute Gasteiger partial charge is 0.355 e. The molecule has 82 valence electrons. The highest BCUT2D eigenvalue weighted by atomic mass is 79.9. The van der Waals surface area contributed by atoms with Gasteiger partial charge in [-0.05, 0) is 17.7 Å². The lowest BCUT2D eigenvalue weighted by Crippen LogP contribution is -2.35. The van der Waals surface area contributed by atoms with Crippen LogP contribution in [0.25, 0.3) is 0 Å². The smallest absolute Gasteiger partial charge is 0.216 e. The van der Waals surface area contributed by atoms with E-state index in [2.05, 4.69) is 47.2 Å². The van der Waals surface area contributed by atoms with E-state index in [0.29, 0.717) is 6.54 Å². The third-order valence-electron chi connectivity index (χ3n) is 2.40. The number of hydrogen-bond acceptors (Lipinski definition) is 1. The maximum absolute atomic E-state index is 10.9. The van der Waals surface area contributed by atoms with Gasteiger partial charge in [0.1, 0.15) is 0 Å². The molecule has 0 spiro atoms. The van der Waals surface area contributed by atoms with Gasteiger partial charge in [-0.2, -0.15) is 0 Å². The van der Waals surface area contributed by atoms with Crippen molar-refractivity contribution in [2.75, 3.05) is 6.54 Å². The Bertz CT molecular complexity index is 343. The average Bonchev–Trinajstić information content (AvgIpc) is 2.16. The third kappa shape index (κ3) is 3.67. The van der Waals surface area contributed by atoms with Crippen LogP contribution in [0.5, 0.6) is 0 Å². The van der Waals surface area contributed by atoms with E-state index in [1.807, 2.05) is 12.1 Å². The van der Waals surface area contributed by atoms with Crippen LogP contribution in [0.4, 0.5) is 0 Å². The molecule has 0 saturated carbocycles. The molecular weight excluding hydrogens is 254 g/mol. The monoisotopic (exact) mass is 269 g/mol. The molecule has 1 aromatic carbocycles. The van der Waals surface area contributed by atoms with Crippen molar-refractivity contribution < 1.29 is 4.79 Å². The summed E-state index contributed by atoms with van der Waals surface area (Å²) in [4.78, 5) is 10.9. The van der Waals surface area contributed by atoms with E-state index in [1.165, 1.54) is 12.5 Å². The number of hydrogen-bond donors (Lipinski definition) is 1. The molecule has 1 N–H and O–H groups in total. The first kappa shape index (κ1) is 12.2. The number of benzene rings is 1. The van der Waals surface area contributed by atoms with E-state index in [4.69, 9.17) is 0 Å². The molecule has 0 atom stereocenters. The van der Waals surface area contributed by atoms with Crippen molar-refractivity contribution in [2.24, 2.45) is 0 Å². The topological polar surface area (TPSA) is 29.1 Å². The molecule has 0 radical (unpaired) electrons. The van der Waals surface area contributed by atoms with Gasteiger partial charge in [-0.25, -0.2) is 0 Å². The van der Waals surface area contributed by atoms with Crippen molar-refractivity contribution in [3.63, 3.8) is 0 Å².